The number of hydrogen-bond donors (Lipinski definition) is 3. The van der Waals surface area contributed by atoms with Gasteiger partial charge in [-0.1, -0.05) is 12.1 Å². The highest BCUT2D eigenvalue weighted by molar-refractivity contribution is 5.75. The van der Waals surface area contributed by atoms with Crippen LogP contribution in [0.15, 0.2) is 18.2 Å². The Morgan fingerprint density at radius 2 is 2.21 bits per heavy atom. The van der Waals surface area contributed by atoms with Gasteiger partial charge in [0.25, 0.3) is 0 Å². The summed E-state index contributed by atoms with van der Waals surface area (Å²) in [4.78, 5) is 10.5. The van der Waals surface area contributed by atoms with Gasteiger partial charge in [0.05, 0.1) is 11.4 Å². The van der Waals surface area contributed by atoms with Crippen LogP contribution < -0.4 is 16.8 Å². The van der Waals surface area contributed by atoms with Gasteiger partial charge in [0.2, 0.25) is 5.91 Å². The van der Waals surface area contributed by atoms with E-state index in [9.17, 15) is 4.79 Å². The van der Waals surface area contributed by atoms with Crippen molar-refractivity contribution in [3.8, 4) is 0 Å². The van der Waals surface area contributed by atoms with E-state index < -0.39 is 0 Å². The monoisotopic (exact) mass is 193 g/mol. The standard InChI is InChI=1S/C10H15N3O/c1-7-3-2-4-8(10(7)12)13-6-5-9(11)14/h2-4,13H,5-6,12H2,1H3,(H2,11,14). The lowest BCUT2D eigenvalue weighted by Gasteiger charge is -2.09. The van der Waals surface area contributed by atoms with Crippen molar-refractivity contribution < 1.29 is 4.79 Å². The van der Waals surface area contributed by atoms with Crippen molar-refractivity contribution in [2.75, 3.05) is 17.6 Å². The van der Waals surface area contributed by atoms with Crippen LogP contribution in [0.2, 0.25) is 0 Å². The van der Waals surface area contributed by atoms with Crippen LogP contribution in [0.25, 0.3) is 0 Å². The number of aryl methyl sites for hydroxylation is 1. The second kappa shape index (κ2) is 4.50. The van der Waals surface area contributed by atoms with Crippen LogP contribution in [0.1, 0.15) is 12.0 Å². The van der Waals surface area contributed by atoms with Crippen LogP contribution in [0, 0.1) is 6.92 Å². The average molecular weight is 193 g/mol. The maximum atomic E-state index is 10.5. The highest BCUT2D eigenvalue weighted by Crippen LogP contribution is 2.21. The fraction of sp³-hybridized carbons (Fsp3) is 0.300. The summed E-state index contributed by atoms with van der Waals surface area (Å²) in [5, 5.41) is 3.06. The molecular formula is C10H15N3O. The summed E-state index contributed by atoms with van der Waals surface area (Å²) in [6, 6.07) is 5.73. The van der Waals surface area contributed by atoms with Crippen LogP contribution >= 0.6 is 0 Å². The molecular weight excluding hydrogens is 178 g/mol. The summed E-state index contributed by atoms with van der Waals surface area (Å²) in [6.45, 7) is 2.46. The molecule has 0 unspecified atom stereocenters. The molecule has 1 aromatic rings. The largest absolute Gasteiger partial charge is 0.397 e. The van der Waals surface area contributed by atoms with E-state index in [4.69, 9.17) is 11.5 Å². The van der Waals surface area contributed by atoms with E-state index in [1.807, 2.05) is 25.1 Å². The number of anilines is 2. The number of rotatable bonds is 4. The number of nitrogen functional groups attached to an aromatic ring is 1. The van der Waals surface area contributed by atoms with Crippen molar-refractivity contribution in [2.24, 2.45) is 5.73 Å². The van der Waals surface area contributed by atoms with Crippen molar-refractivity contribution in [2.45, 2.75) is 13.3 Å². The lowest BCUT2D eigenvalue weighted by atomic mass is 10.1. The molecule has 0 aliphatic heterocycles. The Morgan fingerprint density at radius 1 is 1.50 bits per heavy atom. The zero-order chi connectivity index (χ0) is 10.6. The molecule has 0 atom stereocenters. The summed E-state index contributed by atoms with van der Waals surface area (Å²) >= 11 is 0. The number of primary amides is 1. The maximum absolute atomic E-state index is 10.5. The van der Waals surface area contributed by atoms with E-state index in [1.165, 1.54) is 0 Å². The van der Waals surface area contributed by atoms with Gasteiger partial charge in [-0.25, -0.2) is 0 Å². The third kappa shape index (κ3) is 2.65. The molecule has 14 heavy (non-hydrogen) atoms. The van der Waals surface area contributed by atoms with Gasteiger partial charge in [0.15, 0.2) is 0 Å². The summed E-state index contributed by atoms with van der Waals surface area (Å²) < 4.78 is 0. The Kier molecular flexibility index (Phi) is 3.34. The van der Waals surface area contributed by atoms with E-state index in [0.717, 1.165) is 16.9 Å². The third-order valence-electron chi connectivity index (χ3n) is 2.01. The van der Waals surface area contributed by atoms with Crippen molar-refractivity contribution in [1.82, 2.24) is 0 Å². The first kappa shape index (κ1) is 10.4. The smallest absolute Gasteiger partial charge is 0.219 e. The van der Waals surface area contributed by atoms with Crippen LogP contribution in [0.5, 0.6) is 0 Å². The SMILES string of the molecule is Cc1cccc(NCCC(N)=O)c1N. The number of para-hydroxylation sites is 1. The minimum absolute atomic E-state index is 0.313. The quantitative estimate of drug-likeness (QED) is 0.620. The lowest BCUT2D eigenvalue weighted by molar-refractivity contribution is -0.117. The summed E-state index contributed by atoms with van der Waals surface area (Å²) in [5.41, 5.74) is 13.4. The number of hydrogen-bond acceptors (Lipinski definition) is 3. The van der Waals surface area contributed by atoms with Crippen molar-refractivity contribution >= 4 is 17.3 Å². The summed E-state index contributed by atoms with van der Waals surface area (Å²) in [6.07, 6.45) is 0.313. The molecule has 4 nitrogen and oxygen atoms in total. The molecule has 76 valence electrons. The minimum Gasteiger partial charge on any atom is -0.397 e. The molecule has 1 amide bonds. The predicted octanol–water partition coefficient (Wildman–Crippen LogP) is 0.865. The zero-order valence-electron chi connectivity index (χ0n) is 8.21. The summed E-state index contributed by atoms with van der Waals surface area (Å²) in [7, 11) is 0. The van der Waals surface area contributed by atoms with Gasteiger partial charge < -0.3 is 16.8 Å². The number of benzene rings is 1. The molecule has 5 N–H and O–H groups in total. The first-order valence-electron chi connectivity index (χ1n) is 4.48. The molecule has 0 fully saturated rings. The van der Waals surface area contributed by atoms with E-state index in [-0.39, 0.29) is 5.91 Å². The fourth-order valence-corrected chi connectivity index (χ4v) is 1.16. The first-order valence-corrected chi connectivity index (χ1v) is 4.48. The topological polar surface area (TPSA) is 81.1 Å². The Balaban J connectivity index is 2.59. The Morgan fingerprint density at radius 3 is 2.86 bits per heavy atom. The second-order valence-electron chi connectivity index (χ2n) is 3.18. The number of nitrogens with two attached hydrogens (primary N) is 2. The van der Waals surface area contributed by atoms with Gasteiger partial charge in [0.1, 0.15) is 0 Å². The number of carbonyl (C=O) groups excluding carboxylic acids is 1. The molecule has 0 saturated carbocycles. The van der Waals surface area contributed by atoms with Gasteiger partial charge in [-0.05, 0) is 18.6 Å². The van der Waals surface area contributed by atoms with Gasteiger partial charge in [-0.2, -0.15) is 0 Å². The van der Waals surface area contributed by atoms with Crippen molar-refractivity contribution in [3.05, 3.63) is 23.8 Å². The molecule has 0 spiro atoms. The van der Waals surface area contributed by atoms with Crippen LogP contribution in [0.3, 0.4) is 0 Å². The maximum Gasteiger partial charge on any atom is 0.219 e. The molecule has 0 aliphatic rings. The fourth-order valence-electron chi connectivity index (χ4n) is 1.16. The summed E-state index contributed by atoms with van der Waals surface area (Å²) in [5.74, 6) is -0.316. The normalized spacial score (nSPS) is 9.79. The minimum atomic E-state index is -0.316. The molecule has 0 aromatic heterocycles. The highest BCUT2D eigenvalue weighted by Gasteiger charge is 2.00. The number of carbonyl (C=O) groups is 1. The molecule has 4 heteroatoms. The molecule has 1 aromatic carbocycles. The highest BCUT2D eigenvalue weighted by atomic mass is 16.1. The van der Waals surface area contributed by atoms with Crippen LogP contribution in [-0.2, 0) is 4.79 Å². The molecule has 1 rings (SSSR count). The number of amides is 1. The number of nitrogens with one attached hydrogen (secondary N) is 1. The Labute approximate surface area is 83.3 Å². The molecule has 0 aliphatic carbocycles. The van der Waals surface area contributed by atoms with Crippen LogP contribution in [-0.4, -0.2) is 12.5 Å². The van der Waals surface area contributed by atoms with Crippen molar-refractivity contribution in [3.63, 3.8) is 0 Å². The van der Waals surface area contributed by atoms with E-state index in [0.29, 0.717) is 13.0 Å². The lowest BCUT2D eigenvalue weighted by Crippen LogP contribution is -2.16. The second-order valence-corrected chi connectivity index (χ2v) is 3.18. The van der Waals surface area contributed by atoms with Gasteiger partial charge in [-0.15, -0.1) is 0 Å². The Bertz CT molecular complexity index is 336. The molecule has 0 radical (unpaired) electrons. The van der Waals surface area contributed by atoms with Gasteiger partial charge in [-0.3, -0.25) is 4.79 Å². The third-order valence-corrected chi connectivity index (χ3v) is 2.01. The van der Waals surface area contributed by atoms with Crippen LogP contribution in [0.4, 0.5) is 11.4 Å². The predicted molar refractivity (Wildman–Crippen MR) is 57.9 cm³/mol. The van der Waals surface area contributed by atoms with Crippen molar-refractivity contribution in [1.29, 1.82) is 0 Å². The first-order chi connectivity index (χ1) is 6.61. The average Bonchev–Trinajstić information content (AvgIpc) is 2.12. The van der Waals surface area contributed by atoms with Gasteiger partial charge in [0, 0.05) is 13.0 Å². The van der Waals surface area contributed by atoms with E-state index in [1.54, 1.807) is 0 Å². The van der Waals surface area contributed by atoms with E-state index >= 15 is 0 Å². The molecule has 0 saturated heterocycles. The molecule has 0 bridgehead atoms. The van der Waals surface area contributed by atoms with E-state index in [2.05, 4.69) is 5.32 Å². The Hall–Kier alpha value is -1.71. The molecule has 0 heterocycles. The zero-order valence-corrected chi connectivity index (χ0v) is 8.21. The van der Waals surface area contributed by atoms with Gasteiger partial charge >= 0.3 is 0 Å².